The standard InChI is InChI=1S/C10H17N3O2S/c1-10(2,3)13-16(14,15)8-6-5-7-12-9(8)11-4/h5-7,13H,1-4H3,(H,11,12). The molecule has 16 heavy (non-hydrogen) atoms. The van der Waals surface area contributed by atoms with Crippen LogP contribution in [0.25, 0.3) is 0 Å². The molecule has 1 aromatic rings. The van der Waals surface area contributed by atoms with Gasteiger partial charge in [-0.25, -0.2) is 18.1 Å². The Morgan fingerprint density at radius 3 is 2.44 bits per heavy atom. The molecule has 0 spiro atoms. The van der Waals surface area contributed by atoms with Crippen LogP contribution in [0.4, 0.5) is 5.82 Å². The summed E-state index contributed by atoms with van der Waals surface area (Å²) in [6.07, 6.45) is 1.54. The van der Waals surface area contributed by atoms with Crippen molar-refractivity contribution in [2.75, 3.05) is 12.4 Å². The summed E-state index contributed by atoms with van der Waals surface area (Å²) in [4.78, 5) is 4.12. The molecule has 0 bridgehead atoms. The number of nitrogens with one attached hydrogen (secondary N) is 2. The van der Waals surface area contributed by atoms with Gasteiger partial charge < -0.3 is 5.32 Å². The summed E-state index contributed by atoms with van der Waals surface area (Å²) in [6.45, 7) is 5.37. The van der Waals surface area contributed by atoms with Crippen LogP contribution in [0.5, 0.6) is 0 Å². The third-order valence-electron chi connectivity index (χ3n) is 1.74. The molecule has 90 valence electrons. The Morgan fingerprint density at radius 1 is 1.31 bits per heavy atom. The van der Waals surface area contributed by atoms with E-state index >= 15 is 0 Å². The average molecular weight is 243 g/mol. The molecule has 0 amide bonds. The molecule has 1 heterocycles. The van der Waals surface area contributed by atoms with Gasteiger partial charge in [0.2, 0.25) is 10.0 Å². The minimum absolute atomic E-state index is 0.160. The van der Waals surface area contributed by atoms with Gasteiger partial charge in [0.05, 0.1) is 0 Å². The van der Waals surface area contributed by atoms with Gasteiger partial charge in [0.15, 0.2) is 0 Å². The Hall–Kier alpha value is -1.14. The highest BCUT2D eigenvalue weighted by Crippen LogP contribution is 2.18. The first kappa shape index (κ1) is 12.9. The largest absolute Gasteiger partial charge is 0.372 e. The fraction of sp³-hybridized carbons (Fsp3) is 0.500. The van der Waals surface area contributed by atoms with Crippen LogP contribution in [0.1, 0.15) is 20.8 Å². The summed E-state index contributed by atoms with van der Waals surface area (Å²) in [5.74, 6) is 0.347. The lowest BCUT2D eigenvalue weighted by molar-refractivity contribution is 0.491. The van der Waals surface area contributed by atoms with E-state index in [0.717, 1.165) is 0 Å². The van der Waals surface area contributed by atoms with E-state index in [2.05, 4.69) is 15.0 Å². The van der Waals surface area contributed by atoms with Gasteiger partial charge in [-0.2, -0.15) is 0 Å². The first-order valence-corrected chi connectivity index (χ1v) is 6.41. The molecule has 6 heteroatoms. The van der Waals surface area contributed by atoms with E-state index in [0.29, 0.717) is 5.82 Å². The first-order valence-electron chi connectivity index (χ1n) is 4.93. The molecule has 5 nitrogen and oxygen atoms in total. The fourth-order valence-electron chi connectivity index (χ4n) is 1.25. The van der Waals surface area contributed by atoms with Crippen molar-refractivity contribution in [1.29, 1.82) is 0 Å². The molecule has 0 aliphatic heterocycles. The van der Waals surface area contributed by atoms with Gasteiger partial charge in [0.25, 0.3) is 0 Å². The monoisotopic (exact) mass is 243 g/mol. The first-order chi connectivity index (χ1) is 7.26. The highest BCUT2D eigenvalue weighted by molar-refractivity contribution is 7.89. The minimum Gasteiger partial charge on any atom is -0.372 e. The smallest absolute Gasteiger partial charge is 0.244 e. The molecule has 0 aliphatic rings. The second kappa shape index (κ2) is 4.39. The predicted molar refractivity (Wildman–Crippen MR) is 63.9 cm³/mol. The van der Waals surface area contributed by atoms with Crippen molar-refractivity contribution in [1.82, 2.24) is 9.71 Å². The van der Waals surface area contributed by atoms with Gasteiger partial charge in [-0.1, -0.05) is 0 Å². The molecule has 1 rings (SSSR count). The zero-order valence-electron chi connectivity index (χ0n) is 9.90. The summed E-state index contributed by atoms with van der Waals surface area (Å²) in [6, 6.07) is 3.12. The highest BCUT2D eigenvalue weighted by atomic mass is 32.2. The Morgan fingerprint density at radius 2 is 1.94 bits per heavy atom. The molecule has 0 saturated heterocycles. The molecule has 0 unspecified atom stereocenters. The predicted octanol–water partition coefficient (Wildman–Crippen LogP) is 1.20. The molecule has 0 radical (unpaired) electrons. The maximum absolute atomic E-state index is 12.0. The molecular weight excluding hydrogens is 226 g/mol. The van der Waals surface area contributed by atoms with E-state index in [9.17, 15) is 8.42 Å². The maximum atomic E-state index is 12.0. The summed E-state index contributed by atoms with van der Waals surface area (Å²) < 4.78 is 26.7. The lowest BCUT2D eigenvalue weighted by atomic mass is 10.1. The van der Waals surface area contributed by atoms with Crippen LogP contribution in [-0.4, -0.2) is 26.0 Å². The second-order valence-electron chi connectivity index (χ2n) is 4.46. The topological polar surface area (TPSA) is 71.1 Å². The average Bonchev–Trinajstić information content (AvgIpc) is 2.14. The van der Waals surface area contributed by atoms with Crippen LogP contribution < -0.4 is 10.0 Å². The third-order valence-corrected chi connectivity index (χ3v) is 3.53. The summed E-state index contributed by atoms with van der Waals surface area (Å²) >= 11 is 0. The van der Waals surface area contributed by atoms with Gasteiger partial charge >= 0.3 is 0 Å². The molecule has 0 aromatic carbocycles. The zero-order chi connectivity index (χ0) is 12.4. The van der Waals surface area contributed by atoms with Gasteiger partial charge in [-0.15, -0.1) is 0 Å². The quantitative estimate of drug-likeness (QED) is 0.837. The van der Waals surface area contributed by atoms with Gasteiger partial charge in [0.1, 0.15) is 10.7 Å². The molecular formula is C10H17N3O2S. The van der Waals surface area contributed by atoms with E-state index in [1.54, 1.807) is 40.1 Å². The SMILES string of the molecule is CNc1ncccc1S(=O)(=O)NC(C)(C)C. The summed E-state index contributed by atoms with van der Waals surface area (Å²) in [5.41, 5.74) is -0.514. The third kappa shape index (κ3) is 3.18. The van der Waals surface area contributed by atoms with E-state index in [-0.39, 0.29) is 4.90 Å². The minimum atomic E-state index is -3.54. The molecule has 2 N–H and O–H groups in total. The van der Waals surface area contributed by atoms with Gasteiger partial charge in [-0.05, 0) is 32.9 Å². The van der Waals surface area contributed by atoms with Crippen LogP contribution in [0.3, 0.4) is 0 Å². The summed E-state index contributed by atoms with van der Waals surface area (Å²) in [5, 5.41) is 2.76. The number of anilines is 1. The lowest BCUT2D eigenvalue weighted by Crippen LogP contribution is -2.40. The Balaban J connectivity index is 3.17. The number of hydrogen-bond donors (Lipinski definition) is 2. The number of pyridine rings is 1. The van der Waals surface area contributed by atoms with Gasteiger partial charge in [-0.3, -0.25) is 0 Å². The van der Waals surface area contributed by atoms with Crippen LogP contribution >= 0.6 is 0 Å². The van der Waals surface area contributed by atoms with Crippen molar-refractivity contribution in [2.45, 2.75) is 31.2 Å². The normalized spacial score (nSPS) is 12.5. The van der Waals surface area contributed by atoms with Crippen LogP contribution in [0.2, 0.25) is 0 Å². The number of sulfonamides is 1. The molecule has 0 atom stereocenters. The van der Waals surface area contributed by atoms with Crippen LogP contribution in [0.15, 0.2) is 23.2 Å². The van der Waals surface area contributed by atoms with Crippen molar-refractivity contribution < 1.29 is 8.42 Å². The van der Waals surface area contributed by atoms with Crippen molar-refractivity contribution in [3.63, 3.8) is 0 Å². The lowest BCUT2D eigenvalue weighted by Gasteiger charge is -2.21. The van der Waals surface area contributed by atoms with Crippen molar-refractivity contribution in [3.05, 3.63) is 18.3 Å². The van der Waals surface area contributed by atoms with Crippen molar-refractivity contribution in [2.24, 2.45) is 0 Å². The Bertz CT molecular complexity index is 463. The van der Waals surface area contributed by atoms with Crippen molar-refractivity contribution >= 4 is 15.8 Å². The van der Waals surface area contributed by atoms with Crippen LogP contribution in [0, 0.1) is 0 Å². The number of hydrogen-bond acceptors (Lipinski definition) is 4. The van der Waals surface area contributed by atoms with Crippen LogP contribution in [-0.2, 0) is 10.0 Å². The van der Waals surface area contributed by atoms with E-state index in [4.69, 9.17) is 0 Å². The maximum Gasteiger partial charge on any atom is 0.244 e. The van der Waals surface area contributed by atoms with Gasteiger partial charge in [0, 0.05) is 18.8 Å². The van der Waals surface area contributed by atoms with E-state index in [1.165, 1.54) is 6.07 Å². The number of aromatic nitrogens is 1. The number of nitrogens with zero attached hydrogens (tertiary/aromatic N) is 1. The molecule has 0 saturated carbocycles. The second-order valence-corrected chi connectivity index (χ2v) is 6.11. The molecule has 1 aromatic heterocycles. The highest BCUT2D eigenvalue weighted by Gasteiger charge is 2.24. The summed E-state index contributed by atoms with van der Waals surface area (Å²) in [7, 11) is -1.90. The number of rotatable bonds is 3. The fourth-order valence-corrected chi connectivity index (χ4v) is 2.84. The molecule has 0 aliphatic carbocycles. The zero-order valence-corrected chi connectivity index (χ0v) is 10.7. The van der Waals surface area contributed by atoms with E-state index in [1.807, 2.05) is 0 Å². The Kier molecular flexibility index (Phi) is 3.54. The molecule has 0 fully saturated rings. The van der Waals surface area contributed by atoms with E-state index < -0.39 is 15.6 Å². The van der Waals surface area contributed by atoms with Crippen molar-refractivity contribution in [3.8, 4) is 0 Å². The Labute approximate surface area is 96.3 Å².